The van der Waals surface area contributed by atoms with Crippen LogP contribution in [0.25, 0.3) is 6.08 Å². The maximum Gasteiger partial charge on any atom is 0.320 e. The molecule has 0 saturated heterocycles. The summed E-state index contributed by atoms with van der Waals surface area (Å²) >= 11 is 0. The Labute approximate surface area is 111 Å². The Hall–Kier alpha value is -2.14. The van der Waals surface area contributed by atoms with Gasteiger partial charge in [-0.25, -0.2) is 0 Å². The summed E-state index contributed by atoms with van der Waals surface area (Å²) in [6.45, 7) is 0. The summed E-state index contributed by atoms with van der Waals surface area (Å²) in [6, 6.07) is 8.31. The Morgan fingerprint density at radius 3 is 2.32 bits per heavy atom. The van der Waals surface area contributed by atoms with Crippen molar-refractivity contribution in [3.8, 4) is 0 Å². The number of benzene rings is 1. The molecule has 0 aliphatic heterocycles. The van der Waals surface area contributed by atoms with Gasteiger partial charge in [-0.3, -0.25) is 9.59 Å². The fourth-order valence-electron chi connectivity index (χ4n) is 1.64. The van der Waals surface area contributed by atoms with Crippen molar-refractivity contribution in [3.63, 3.8) is 0 Å². The molecule has 5 heteroatoms. The van der Waals surface area contributed by atoms with Crippen molar-refractivity contribution in [3.05, 3.63) is 42.0 Å². The van der Waals surface area contributed by atoms with Crippen LogP contribution >= 0.6 is 0 Å². The molecule has 0 unspecified atom stereocenters. The second-order valence-corrected chi connectivity index (χ2v) is 4.26. The van der Waals surface area contributed by atoms with E-state index in [1.54, 1.807) is 6.08 Å². The molecule has 0 amide bonds. The number of allylic oxidation sites excluding steroid dienone is 1. The van der Waals surface area contributed by atoms with Crippen molar-refractivity contribution in [2.75, 3.05) is 0 Å². The van der Waals surface area contributed by atoms with Gasteiger partial charge in [0.15, 0.2) is 0 Å². The zero-order chi connectivity index (χ0) is 14.3. The molecule has 4 N–H and O–H groups in total. The van der Waals surface area contributed by atoms with Crippen LogP contribution in [0.4, 0.5) is 0 Å². The molecule has 0 aliphatic carbocycles. The zero-order valence-electron chi connectivity index (χ0n) is 10.4. The van der Waals surface area contributed by atoms with E-state index in [9.17, 15) is 9.59 Å². The highest BCUT2D eigenvalue weighted by atomic mass is 16.4. The molecule has 102 valence electrons. The molecule has 1 aromatic rings. The molecular weight excluding hydrogens is 246 g/mol. The molecule has 5 nitrogen and oxygen atoms in total. The van der Waals surface area contributed by atoms with Crippen molar-refractivity contribution in [1.82, 2.24) is 0 Å². The molecule has 0 bridgehead atoms. The van der Waals surface area contributed by atoms with Gasteiger partial charge >= 0.3 is 11.9 Å². The summed E-state index contributed by atoms with van der Waals surface area (Å²) in [4.78, 5) is 21.6. The standard InChI is InChI=1S/C14H17NO4/c15-12(14(18)19)9-11(13(16)17)8-4-7-10-5-2-1-3-6-10/h1-7,11-12H,8-9,15H2,(H,16,17)(H,18,19)/b7-4-/t11-,12+/m1/s1. The second-order valence-electron chi connectivity index (χ2n) is 4.26. The van der Waals surface area contributed by atoms with Gasteiger partial charge in [-0.05, 0) is 18.4 Å². The quantitative estimate of drug-likeness (QED) is 0.693. The minimum Gasteiger partial charge on any atom is -0.481 e. The van der Waals surface area contributed by atoms with Gasteiger partial charge in [0, 0.05) is 0 Å². The highest BCUT2D eigenvalue weighted by Crippen LogP contribution is 2.13. The normalized spacial score (nSPS) is 14.2. The predicted molar refractivity (Wildman–Crippen MR) is 71.4 cm³/mol. The van der Waals surface area contributed by atoms with Crippen LogP contribution in [0.1, 0.15) is 18.4 Å². The number of hydrogen-bond donors (Lipinski definition) is 3. The first-order valence-corrected chi connectivity index (χ1v) is 5.93. The van der Waals surface area contributed by atoms with E-state index in [1.165, 1.54) is 0 Å². The maximum atomic E-state index is 11.0. The van der Waals surface area contributed by atoms with Crippen LogP contribution in [0.15, 0.2) is 36.4 Å². The highest BCUT2D eigenvalue weighted by Gasteiger charge is 2.23. The van der Waals surface area contributed by atoms with Crippen LogP contribution < -0.4 is 5.73 Å². The minimum atomic E-state index is -1.18. The summed E-state index contributed by atoms with van der Waals surface area (Å²) in [5.74, 6) is -3.00. The molecule has 0 saturated carbocycles. The summed E-state index contributed by atoms with van der Waals surface area (Å²) in [5, 5.41) is 17.7. The summed E-state index contributed by atoms with van der Waals surface area (Å²) < 4.78 is 0. The van der Waals surface area contributed by atoms with Gasteiger partial charge in [0.1, 0.15) is 6.04 Å². The lowest BCUT2D eigenvalue weighted by molar-refractivity contribution is -0.143. The molecule has 0 heterocycles. The Morgan fingerprint density at radius 1 is 1.16 bits per heavy atom. The Morgan fingerprint density at radius 2 is 1.79 bits per heavy atom. The van der Waals surface area contributed by atoms with E-state index in [4.69, 9.17) is 15.9 Å². The van der Waals surface area contributed by atoms with Crippen molar-refractivity contribution < 1.29 is 19.8 Å². The van der Waals surface area contributed by atoms with E-state index >= 15 is 0 Å². The van der Waals surface area contributed by atoms with Crippen LogP contribution in [0.5, 0.6) is 0 Å². The van der Waals surface area contributed by atoms with Gasteiger partial charge in [-0.1, -0.05) is 42.5 Å². The van der Waals surface area contributed by atoms with E-state index in [0.717, 1.165) is 5.56 Å². The summed E-state index contributed by atoms with van der Waals surface area (Å²) in [6.07, 6.45) is 3.71. The van der Waals surface area contributed by atoms with E-state index in [0.29, 0.717) is 0 Å². The van der Waals surface area contributed by atoms with Crippen molar-refractivity contribution in [2.45, 2.75) is 18.9 Å². The van der Waals surface area contributed by atoms with Crippen LogP contribution in [-0.4, -0.2) is 28.2 Å². The molecule has 2 atom stereocenters. The molecular formula is C14H17NO4. The monoisotopic (exact) mass is 263 g/mol. The van der Waals surface area contributed by atoms with Gasteiger partial charge in [-0.15, -0.1) is 0 Å². The number of aliphatic carboxylic acids is 2. The van der Waals surface area contributed by atoms with Gasteiger partial charge in [0.2, 0.25) is 0 Å². The third-order valence-corrected chi connectivity index (χ3v) is 2.74. The maximum absolute atomic E-state index is 11.0. The average Bonchev–Trinajstić information content (AvgIpc) is 2.38. The lowest BCUT2D eigenvalue weighted by Crippen LogP contribution is -2.34. The third-order valence-electron chi connectivity index (χ3n) is 2.74. The molecule has 0 fully saturated rings. The topological polar surface area (TPSA) is 101 Å². The van der Waals surface area contributed by atoms with E-state index in [1.807, 2.05) is 36.4 Å². The fraction of sp³-hybridized carbons (Fsp3) is 0.286. The molecule has 0 aliphatic rings. The molecule has 0 aromatic heterocycles. The SMILES string of the molecule is N[C@@H](C[C@@H](C/C=C\c1ccccc1)C(=O)O)C(=O)O. The zero-order valence-corrected chi connectivity index (χ0v) is 10.4. The summed E-state index contributed by atoms with van der Waals surface area (Å²) in [5.41, 5.74) is 6.32. The lowest BCUT2D eigenvalue weighted by atomic mass is 9.96. The average molecular weight is 263 g/mol. The fourth-order valence-corrected chi connectivity index (χ4v) is 1.64. The van der Waals surface area contributed by atoms with Crippen LogP contribution in [0.2, 0.25) is 0 Å². The van der Waals surface area contributed by atoms with Gasteiger partial charge in [0.05, 0.1) is 5.92 Å². The number of carbonyl (C=O) groups is 2. The number of rotatable bonds is 7. The highest BCUT2D eigenvalue weighted by molar-refractivity contribution is 5.76. The van der Waals surface area contributed by atoms with Gasteiger partial charge in [0.25, 0.3) is 0 Å². The van der Waals surface area contributed by atoms with Crippen LogP contribution in [0, 0.1) is 5.92 Å². The predicted octanol–water partition coefficient (Wildman–Crippen LogP) is 1.59. The first-order chi connectivity index (χ1) is 9.00. The number of nitrogens with two attached hydrogens (primary N) is 1. The summed E-state index contributed by atoms with van der Waals surface area (Å²) in [7, 11) is 0. The molecule has 1 rings (SSSR count). The first kappa shape index (κ1) is 14.9. The Bertz CT molecular complexity index is 456. The van der Waals surface area contributed by atoms with Crippen LogP contribution in [0.3, 0.4) is 0 Å². The Kier molecular flexibility index (Phi) is 5.75. The van der Waals surface area contributed by atoms with E-state index in [2.05, 4.69) is 0 Å². The largest absolute Gasteiger partial charge is 0.481 e. The van der Waals surface area contributed by atoms with E-state index in [-0.39, 0.29) is 12.8 Å². The molecule has 19 heavy (non-hydrogen) atoms. The number of carboxylic acid groups (broad SMARTS) is 2. The smallest absolute Gasteiger partial charge is 0.320 e. The second kappa shape index (κ2) is 7.33. The van der Waals surface area contributed by atoms with Crippen molar-refractivity contribution in [1.29, 1.82) is 0 Å². The molecule has 0 radical (unpaired) electrons. The lowest BCUT2D eigenvalue weighted by Gasteiger charge is -2.12. The van der Waals surface area contributed by atoms with Crippen LogP contribution in [-0.2, 0) is 9.59 Å². The first-order valence-electron chi connectivity index (χ1n) is 5.93. The third kappa shape index (κ3) is 5.35. The number of carboxylic acids is 2. The van der Waals surface area contributed by atoms with E-state index < -0.39 is 23.9 Å². The van der Waals surface area contributed by atoms with Crippen molar-refractivity contribution in [2.24, 2.45) is 11.7 Å². The molecule has 0 spiro atoms. The molecule has 1 aromatic carbocycles. The minimum absolute atomic E-state index is 0.0796. The van der Waals surface area contributed by atoms with Crippen molar-refractivity contribution >= 4 is 18.0 Å². The Balaban J connectivity index is 2.57. The number of hydrogen-bond acceptors (Lipinski definition) is 3. The van der Waals surface area contributed by atoms with Gasteiger partial charge in [-0.2, -0.15) is 0 Å². The van der Waals surface area contributed by atoms with Gasteiger partial charge < -0.3 is 15.9 Å².